The van der Waals surface area contributed by atoms with Crippen LogP contribution in [0.25, 0.3) is 0 Å². The standard InChI is InChI=1S/C22H30FN3O4S/c1-15(12-13-27)16(2)22(24-3)25-18-11-10-17(23)14-21(18)30-20-9-7-6-8-19(20)26(4)31(5,28)29/h10-11,13-14,19-20H,3,6-9,12H2,1-2,4-5H3. The second-order valence-corrected chi connectivity index (χ2v) is 9.81. The van der Waals surface area contributed by atoms with Crippen LogP contribution in [0.15, 0.2) is 39.3 Å². The van der Waals surface area contributed by atoms with Gasteiger partial charge in [0, 0.05) is 19.5 Å². The van der Waals surface area contributed by atoms with Gasteiger partial charge in [0.1, 0.15) is 29.6 Å². The van der Waals surface area contributed by atoms with Crippen LogP contribution in [0.2, 0.25) is 0 Å². The number of halogens is 1. The molecule has 2 rings (SSSR count). The van der Waals surface area contributed by atoms with Crippen molar-refractivity contribution in [2.24, 2.45) is 9.98 Å². The van der Waals surface area contributed by atoms with Gasteiger partial charge in [-0.15, -0.1) is 0 Å². The van der Waals surface area contributed by atoms with E-state index in [9.17, 15) is 17.6 Å². The van der Waals surface area contributed by atoms with Crippen molar-refractivity contribution >= 4 is 34.5 Å². The Labute approximate surface area is 183 Å². The number of allylic oxidation sites excluding steroid dienone is 1. The third-order valence-corrected chi connectivity index (χ3v) is 6.92. The summed E-state index contributed by atoms with van der Waals surface area (Å²) in [5.41, 5.74) is 1.85. The summed E-state index contributed by atoms with van der Waals surface area (Å²) in [6.45, 7) is 7.15. The van der Waals surface area contributed by atoms with Crippen molar-refractivity contribution in [1.29, 1.82) is 0 Å². The molecular formula is C22H30FN3O4S. The van der Waals surface area contributed by atoms with E-state index in [0.717, 1.165) is 31.0 Å². The van der Waals surface area contributed by atoms with Crippen molar-refractivity contribution in [2.75, 3.05) is 13.3 Å². The van der Waals surface area contributed by atoms with Crippen LogP contribution in [0, 0.1) is 5.82 Å². The minimum Gasteiger partial charge on any atom is -0.486 e. The zero-order chi connectivity index (χ0) is 23.2. The molecule has 0 spiro atoms. The Kier molecular flexibility index (Phi) is 8.64. The summed E-state index contributed by atoms with van der Waals surface area (Å²) in [5, 5.41) is 0. The highest BCUT2D eigenvalue weighted by Crippen LogP contribution is 2.34. The van der Waals surface area contributed by atoms with Crippen molar-refractivity contribution in [1.82, 2.24) is 4.31 Å². The van der Waals surface area contributed by atoms with E-state index < -0.39 is 21.9 Å². The zero-order valence-electron chi connectivity index (χ0n) is 18.5. The number of aldehydes is 1. The van der Waals surface area contributed by atoms with E-state index in [-0.39, 0.29) is 18.2 Å². The predicted molar refractivity (Wildman–Crippen MR) is 121 cm³/mol. The molecule has 0 radical (unpaired) electrons. The largest absolute Gasteiger partial charge is 0.486 e. The van der Waals surface area contributed by atoms with E-state index in [1.165, 1.54) is 29.6 Å². The maximum absolute atomic E-state index is 14.0. The second kappa shape index (κ2) is 10.8. The summed E-state index contributed by atoms with van der Waals surface area (Å²) in [6, 6.07) is 3.64. The second-order valence-electron chi connectivity index (χ2n) is 7.77. The lowest BCUT2D eigenvalue weighted by molar-refractivity contribution is -0.107. The number of carbonyl (C=O) groups is 1. The van der Waals surface area contributed by atoms with E-state index in [2.05, 4.69) is 16.7 Å². The van der Waals surface area contributed by atoms with Crippen LogP contribution in [0.5, 0.6) is 5.75 Å². The maximum atomic E-state index is 14.0. The summed E-state index contributed by atoms with van der Waals surface area (Å²) in [4.78, 5) is 19.3. The summed E-state index contributed by atoms with van der Waals surface area (Å²) in [5.74, 6) is 0.0281. The Hall–Kier alpha value is -2.39. The zero-order valence-corrected chi connectivity index (χ0v) is 19.3. The number of nitrogens with zero attached hydrogens (tertiary/aromatic N) is 3. The topological polar surface area (TPSA) is 88.4 Å². The smallest absolute Gasteiger partial charge is 0.211 e. The van der Waals surface area contributed by atoms with Crippen LogP contribution < -0.4 is 4.74 Å². The molecule has 1 aromatic rings. The van der Waals surface area contributed by atoms with Gasteiger partial charge in [0.2, 0.25) is 10.0 Å². The SMILES string of the molecule is C=NC(=Nc1ccc(F)cc1OC1CCCCC1N(C)S(C)(=O)=O)C(C)=C(C)CC=O. The average molecular weight is 452 g/mol. The Morgan fingerprint density at radius 2 is 2.00 bits per heavy atom. The molecule has 1 aliphatic carbocycles. The third kappa shape index (κ3) is 6.54. The molecule has 170 valence electrons. The summed E-state index contributed by atoms with van der Waals surface area (Å²) >= 11 is 0. The minimum absolute atomic E-state index is 0.209. The van der Waals surface area contributed by atoms with Crippen LogP contribution in [0.1, 0.15) is 46.0 Å². The minimum atomic E-state index is -3.40. The van der Waals surface area contributed by atoms with Crippen molar-refractivity contribution in [3.8, 4) is 5.75 Å². The molecule has 0 amide bonds. The lowest BCUT2D eigenvalue weighted by atomic mass is 9.92. The number of likely N-dealkylation sites (N-methyl/N-ethyl adjacent to an activating group) is 1. The lowest BCUT2D eigenvalue weighted by Crippen LogP contribution is -2.48. The van der Waals surface area contributed by atoms with Gasteiger partial charge >= 0.3 is 0 Å². The molecular weight excluding hydrogens is 421 g/mol. The molecule has 7 nitrogen and oxygen atoms in total. The molecule has 9 heteroatoms. The predicted octanol–water partition coefficient (Wildman–Crippen LogP) is 4.06. The number of hydrogen-bond donors (Lipinski definition) is 0. The molecule has 0 aromatic heterocycles. The van der Waals surface area contributed by atoms with Crippen LogP contribution in [-0.2, 0) is 14.8 Å². The normalized spacial score (nSPS) is 20.9. The van der Waals surface area contributed by atoms with Gasteiger partial charge < -0.3 is 9.53 Å². The Balaban J connectivity index is 2.44. The number of carbonyl (C=O) groups excluding carboxylic acids is 1. The van der Waals surface area contributed by atoms with Crippen molar-refractivity contribution in [3.05, 3.63) is 35.2 Å². The Bertz CT molecular complexity index is 988. The quantitative estimate of drug-likeness (QED) is 0.339. The van der Waals surface area contributed by atoms with E-state index >= 15 is 0 Å². The molecule has 2 atom stereocenters. The lowest BCUT2D eigenvalue weighted by Gasteiger charge is -2.36. The van der Waals surface area contributed by atoms with Gasteiger partial charge in [-0.1, -0.05) is 12.0 Å². The molecule has 31 heavy (non-hydrogen) atoms. The molecule has 0 heterocycles. The molecule has 1 saturated carbocycles. The van der Waals surface area contributed by atoms with Gasteiger partial charge in [-0.25, -0.2) is 22.8 Å². The van der Waals surface area contributed by atoms with Crippen LogP contribution in [0.4, 0.5) is 10.1 Å². The van der Waals surface area contributed by atoms with E-state index in [4.69, 9.17) is 4.74 Å². The van der Waals surface area contributed by atoms with Gasteiger partial charge in [0.15, 0.2) is 5.84 Å². The third-order valence-electron chi connectivity index (χ3n) is 5.60. The number of amidine groups is 1. The van der Waals surface area contributed by atoms with Gasteiger partial charge in [0.25, 0.3) is 0 Å². The molecule has 0 bridgehead atoms. The number of benzene rings is 1. The van der Waals surface area contributed by atoms with Gasteiger partial charge in [-0.05, 0) is 57.5 Å². The first kappa shape index (κ1) is 24.9. The van der Waals surface area contributed by atoms with Crippen LogP contribution >= 0.6 is 0 Å². The Morgan fingerprint density at radius 3 is 2.61 bits per heavy atom. The van der Waals surface area contributed by atoms with E-state index in [1.807, 2.05) is 0 Å². The van der Waals surface area contributed by atoms with Gasteiger partial charge in [0.05, 0.1) is 12.3 Å². The molecule has 1 aromatic carbocycles. The average Bonchev–Trinajstić information content (AvgIpc) is 2.72. The van der Waals surface area contributed by atoms with Crippen molar-refractivity contribution in [2.45, 2.75) is 58.1 Å². The van der Waals surface area contributed by atoms with Crippen LogP contribution in [-0.4, -0.2) is 57.0 Å². The number of hydrogen-bond acceptors (Lipinski definition) is 5. The van der Waals surface area contributed by atoms with Gasteiger partial charge in [-0.3, -0.25) is 0 Å². The van der Waals surface area contributed by atoms with E-state index in [0.29, 0.717) is 29.9 Å². The Morgan fingerprint density at radius 1 is 1.32 bits per heavy atom. The first-order valence-corrected chi connectivity index (χ1v) is 12.0. The molecule has 0 saturated heterocycles. The highest BCUT2D eigenvalue weighted by atomic mass is 32.2. The summed E-state index contributed by atoms with van der Waals surface area (Å²) in [7, 11) is -1.86. The number of sulfonamides is 1. The van der Waals surface area contributed by atoms with E-state index in [1.54, 1.807) is 13.8 Å². The summed E-state index contributed by atoms with van der Waals surface area (Å²) < 4.78 is 45.6. The fourth-order valence-corrected chi connectivity index (χ4v) is 4.27. The van der Waals surface area contributed by atoms with Crippen molar-refractivity contribution < 1.29 is 22.3 Å². The van der Waals surface area contributed by atoms with Crippen LogP contribution in [0.3, 0.4) is 0 Å². The molecule has 2 unspecified atom stereocenters. The summed E-state index contributed by atoms with van der Waals surface area (Å²) in [6.07, 6.45) is 4.86. The highest BCUT2D eigenvalue weighted by molar-refractivity contribution is 7.88. The van der Waals surface area contributed by atoms with Gasteiger partial charge in [-0.2, -0.15) is 4.31 Å². The fraction of sp³-hybridized carbons (Fsp3) is 0.500. The fourth-order valence-electron chi connectivity index (χ4n) is 3.54. The number of ether oxygens (including phenoxy) is 1. The monoisotopic (exact) mass is 451 g/mol. The maximum Gasteiger partial charge on any atom is 0.211 e. The number of aliphatic imine (C=N–C) groups is 2. The first-order valence-electron chi connectivity index (χ1n) is 10.1. The molecule has 1 fully saturated rings. The molecule has 0 N–H and O–H groups in total. The molecule has 1 aliphatic rings. The number of rotatable bonds is 8. The highest BCUT2D eigenvalue weighted by Gasteiger charge is 2.34. The molecule has 0 aliphatic heterocycles. The van der Waals surface area contributed by atoms with Crippen molar-refractivity contribution in [3.63, 3.8) is 0 Å². The first-order chi connectivity index (χ1) is 14.6.